The summed E-state index contributed by atoms with van der Waals surface area (Å²) in [6, 6.07) is 3.17. The van der Waals surface area contributed by atoms with E-state index in [0.29, 0.717) is 12.3 Å². The topological polar surface area (TPSA) is 98.1 Å². The number of unbranched alkanes of at least 4 members (excludes halogenated alkanes) is 1. The fourth-order valence-electron chi connectivity index (χ4n) is 3.88. The lowest BCUT2D eigenvalue weighted by atomic mass is 10.1. The summed E-state index contributed by atoms with van der Waals surface area (Å²) < 4.78 is 5.41. The van der Waals surface area contributed by atoms with Crippen LogP contribution >= 0.6 is 11.8 Å². The zero-order valence-electron chi connectivity index (χ0n) is 15.8. The average Bonchev–Trinajstić information content (AvgIpc) is 3.40. The van der Waals surface area contributed by atoms with E-state index in [9.17, 15) is 14.4 Å². The lowest BCUT2D eigenvalue weighted by molar-refractivity contribution is -0.145. The van der Waals surface area contributed by atoms with Gasteiger partial charge in [0.05, 0.1) is 18.8 Å². The predicted octanol–water partition coefficient (Wildman–Crippen LogP) is 0.938. The first-order chi connectivity index (χ1) is 13.6. The molecule has 3 unspecified atom stereocenters. The Labute approximate surface area is 167 Å². The number of carbonyl (C=O) groups is 3. The molecule has 4 heterocycles. The van der Waals surface area contributed by atoms with E-state index in [0.717, 1.165) is 25.0 Å². The van der Waals surface area contributed by atoms with E-state index < -0.39 is 6.29 Å². The average molecular weight is 407 g/mol. The van der Waals surface area contributed by atoms with Crippen LogP contribution in [0.2, 0.25) is 0 Å². The summed E-state index contributed by atoms with van der Waals surface area (Å²) in [6.45, 7) is 2.84. The molecule has 2 N–H and O–H groups in total. The summed E-state index contributed by atoms with van der Waals surface area (Å²) >= 11 is 1.59. The number of amides is 4. The summed E-state index contributed by atoms with van der Waals surface area (Å²) in [6.07, 6.45) is 3.62. The maximum Gasteiger partial charge on any atom is 0.337 e. The molecule has 0 bridgehead atoms. The molecule has 1 aromatic heterocycles. The third-order valence-electron chi connectivity index (χ3n) is 5.29. The van der Waals surface area contributed by atoms with Gasteiger partial charge in [0, 0.05) is 6.54 Å². The molecule has 0 saturated carbocycles. The second-order valence-corrected chi connectivity index (χ2v) is 8.42. The van der Waals surface area contributed by atoms with E-state index in [4.69, 9.17) is 4.42 Å². The second kappa shape index (κ2) is 8.04. The largest absolute Gasteiger partial charge is 0.467 e. The molecule has 0 aromatic carbocycles. The Balaban J connectivity index is 1.51. The first-order valence-electron chi connectivity index (χ1n) is 9.67. The highest BCUT2D eigenvalue weighted by atomic mass is 32.2. The van der Waals surface area contributed by atoms with Crippen LogP contribution in [-0.2, 0) is 16.1 Å². The number of fused-ring (bicyclic) bond motifs is 3. The van der Waals surface area contributed by atoms with Crippen molar-refractivity contribution in [2.45, 2.75) is 50.3 Å². The van der Waals surface area contributed by atoms with E-state index in [1.54, 1.807) is 40.0 Å². The summed E-state index contributed by atoms with van der Waals surface area (Å²) in [4.78, 5) is 41.7. The van der Waals surface area contributed by atoms with Gasteiger partial charge in [0.2, 0.25) is 11.8 Å². The fourth-order valence-corrected chi connectivity index (χ4v) is 5.28. The molecule has 0 aliphatic carbocycles. The van der Waals surface area contributed by atoms with Crippen LogP contribution < -0.4 is 10.7 Å². The van der Waals surface area contributed by atoms with E-state index in [1.807, 2.05) is 0 Å². The Morgan fingerprint density at radius 3 is 3.04 bits per heavy atom. The van der Waals surface area contributed by atoms with Crippen molar-refractivity contribution in [2.24, 2.45) is 0 Å². The van der Waals surface area contributed by atoms with Crippen LogP contribution in [0.3, 0.4) is 0 Å². The quantitative estimate of drug-likeness (QED) is 0.653. The number of carbonyl (C=O) groups excluding carboxylic acids is 3. The molecule has 0 spiro atoms. The number of hydrazine groups is 1. The van der Waals surface area contributed by atoms with Gasteiger partial charge in [0.25, 0.3) is 0 Å². The van der Waals surface area contributed by atoms with E-state index in [-0.39, 0.29) is 42.2 Å². The van der Waals surface area contributed by atoms with Gasteiger partial charge >= 0.3 is 6.03 Å². The summed E-state index contributed by atoms with van der Waals surface area (Å²) in [7, 11) is 0. The number of nitrogens with one attached hydrogen (secondary N) is 2. The van der Waals surface area contributed by atoms with Gasteiger partial charge in [-0.25, -0.2) is 9.80 Å². The lowest BCUT2D eigenvalue weighted by Gasteiger charge is -2.43. The zero-order valence-corrected chi connectivity index (χ0v) is 16.6. The first-order valence-corrected chi connectivity index (χ1v) is 10.7. The maximum atomic E-state index is 13.1. The molecule has 152 valence electrons. The zero-order chi connectivity index (χ0) is 19.7. The molecule has 1 aromatic rings. The normalized spacial score (nSPS) is 26.6. The van der Waals surface area contributed by atoms with Crippen LogP contribution in [0.15, 0.2) is 22.8 Å². The van der Waals surface area contributed by atoms with Gasteiger partial charge in [-0.05, 0) is 30.7 Å². The molecule has 4 rings (SSSR count). The molecule has 3 aliphatic rings. The molecule has 28 heavy (non-hydrogen) atoms. The minimum atomic E-state index is -0.603. The third-order valence-corrected chi connectivity index (χ3v) is 6.63. The van der Waals surface area contributed by atoms with Crippen LogP contribution in [0.1, 0.15) is 31.9 Å². The van der Waals surface area contributed by atoms with E-state index >= 15 is 0 Å². The van der Waals surface area contributed by atoms with Gasteiger partial charge in [-0.1, -0.05) is 13.3 Å². The molecule has 4 amide bonds. The third kappa shape index (κ3) is 3.46. The Bertz CT molecular complexity index is 742. The van der Waals surface area contributed by atoms with E-state index in [1.165, 1.54) is 5.01 Å². The minimum absolute atomic E-state index is 0.000280. The van der Waals surface area contributed by atoms with Gasteiger partial charge in [0.15, 0.2) is 6.29 Å². The molecule has 10 heteroatoms. The van der Waals surface area contributed by atoms with Crippen molar-refractivity contribution in [1.29, 1.82) is 0 Å². The number of hydrogen-bond acceptors (Lipinski definition) is 6. The van der Waals surface area contributed by atoms with Gasteiger partial charge < -0.3 is 9.73 Å². The standard InChI is InChI=1S/C18H25N5O4S/c1-2-3-7-19-14(24)11-22-18(26)23-13-6-9-28-15(13)16(25)21(17(23)20-22)10-12-5-4-8-27-12/h4-5,8,13,15,17,20H,2-3,6-7,9-11H2,1H3,(H,19,24). The summed E-state index contributed by atoms with van der Waals surface area (Å²) in [5.41, 5.74) is 3.07. The number of furan rings is 1. The number of hydrogen-bond donors (Lipinski definition) is 2. The van der Waals surface area contributed by atoms with Crippen molar-refractivity contribution in [2.75, 3.05) is 18.8 Å². The summed E-state index contributed by atoms with van der Waals surface area (Å²) in [5, 5.41) is 3.87. The Kier molecular flexibility index (Phi) is 5.49. The number of thioether (sulfide) groups is 1. The van der Waals surface area contributed by atoms with Crippen molar-refractivity contribution in [3.8, 4) is 0 Å². The van der Waals surface area contributed by atoms with Crippen LogP contribution in [0.4, 0.5) is 4.79 Å². The van der Waals surface area contributed by atoms with Crippen LogP contribution in [0, 0.1) is 0 Å². The predicted molar refractivity (Wildman–Crippen MR) is 103 cm³/mol. The highest BCUT2D eigenvalue weighted by Gasteiger charge is 2.56. The first kappa shape index (κ1) is 19.1. The monoisotopic (exact) mass is 407 g/mol. The summed E-state index contributed by atoms with van der Waals surface area (Å²) in [5.74, 6) is 1.28. The van der Waals surface area contributed by atoms with Crippen LogP contribution in [-0.4, -0.2) is 69.1 Å². The van der Waals surface area contributed by atoms with Gasteiger partial charge in [-0.15, -0.1) is 11.8 Å². The smallest absolute Gasteiger partial charge is 0.337 e. The number of rotatable bonds is 7. The lowest BCUT2D eigenvalue weighted by Crippen LogP contribution is -2.65. The molecule has 3 atom stereocenters. The van der Waals surface area contributed by atoms with Crippen molar-refractivity contribution >= 4 is 29.6 Å². The molecular formula is C18H25N5O4S. The second-order valence-electron chi connectivity index (χ2n) is 7.18. The van der Waals surface area contributed by atoms with E-state index in [2.05, 4.69) is 17.7 Å². The number of urea groups is 1. The Hall–Kier alpha value is -2.20. The molecule has 3 aliphatic heterocycles. The molecule has 3 saturated heterocycles. The van der Waals surface area contributed by atoms with Crippen molar-refractivity contribution in [3.05, 3.63) is 24.2 Å². The van der Waals surface area contributed by atoms with Crippen molar-refractivity contribution in [1.82, 2.24) is 25.6 Å². The fraction of sp³-hybridized carbons (Fsp3) is 0.611. The van der Waals surface area contributed by atoms with Crippen LogP contribution in [0.5, 0.6) is 0 Å². The van der Waals surface area contributed by atoms with Crippen LogP contribution in [0.25, 0.3) is 0 Å². The molecule has 0 radical (unpaired) electrons. The highest BCUT2D eigenvalue weighted by molar-refractivity contribution is 8.00. The van der Waals surface area contributed by atoms with Gasteiger partial charge in [-0.2, -0.15) is 5.43 Å². The maximum absolute atomic E-state index is 13.1. The van der Waals surface area contributed by atoms with Crippen molar-refractivity contribution in [3.63, 3.8) is 0 Å². The molecule has 9 nitrogen and oxygen atoms in total. The molecular weight excluding hydrogens is 382 g/mol. The minimum Gasteiger partial charge on any atom is -0.467 e. The SMILES string of the molecule is CCCCNC(=O)CN1NC2N(Cc3ccco3)C(=O)C3SCCC3N2C1=O. The van der Waals surface area contributed by atoms with Gasteiger partial charge in [0.1, 0.15) is 17.6 Å². The molecule has 3 fully saturated rings. The highest BCUT2D eigenvalue weighted by Crippen LogP contribution is 2.39. The van der Waals surface area contributed by atoms with Gasteiger partial charge in [-0.3, -0.25) is 19.4 Å². The van der Waals surface area contributed by atoms with Crippen molar-refractivity contribution < 1.29 is 18.8 Å². The number of nitrogens with zero attached hydrogens (tertiary/aromatic N) is 3. The Morgan fingerprint density at radius 1 is 1.43 bits per heavy atom. The Morgan fingerprint density at radius 2 is 2.29 bits per heavy atom.